The van der Waals surface area contributed by atoms with E-state index in [1.54, 1.807) is 20.8 Å². The van der Waals surface area contributed by atoms with Crippen molar-refractivity contribution in [1.29, 1.82) is 0 Å². The third-order valence-electron chi connectivity index (χ3n) is 2.01. The van der Waals surface area contributed by atoms with E-state index in [9.17, 15) is 22.8 Å². The van der Waals surface area contributed by atoms with Gasteiger partial charge in [-0.15, -0.1) is 5.10 Å². The van der Waals surface area contributed by atoms with Crippen LogP contribution in [0.25, 0.3) is 0 Å². The first-order chi connectivity index (χ1) is 8.92. The minimum atomic E-state index is -4.97. The Kier molecular flexibility index (Phi) is 4.06. The van der Waals surface area contributed by atoms with Crippen LogP contribution in [-0.4, -0.2) is 37.5 Å². The lowest BCUT2D eigenvalue weighted by Crippen LogP contribution is -2.42. The van der Waals surface area contributed by atoms with E-state index in [2.05, 4.69) is 15.6 Å². The number of rotatable bonds is 3. The van der Waals surface area contributed by atoms with Gasteiger partial charge in [-0.1, -0.05) is 5.21 Å². The Hall–Kier alpha value is -2.13. The summed E-state index contributed by atoms with van der Waals surface area (Å²) in [5.74, 6) is -2.59. The largest absolute Gasteiger partial charge is 0.476 e. The highest BCUT2D eigenvalue weighted by Gasteiger charge is 2.42. The van der Waals surface area contributed by atoms with Gasteiger partial charge < -0.3 is 10.4 Å². The first kappa shape index (κ1) is 15.9. The molecule has 1 rings (SSSR count). The lowest BCUT2D eigenvalue weighted by Gasteiger charge is -2.20. The van der Waals surface area contributed by atoms with Crippen LogP contribution in [0.1, 0.15) is 37.0 Å². The molecule has 0 aliphatic rings. The Morgan fingerprint density at radius 3 is 2.25 bits per heavy atom. The normalized spacial score (nSPS) is 12.3. The van der Waals surface area contributed by atoms with E-state index in [1.165, 1.54) is 0 Å². The molecule has 2 N–H and O–H groups in total. The first-order valence-electron chi connectivity index (χ1n) is 5.47. The lowest BCUT2D eigenvalue weighted by molar-refractivity contribution is -0.145. The van der Waals surface area contributed by atoms with E-state index in [1.807, 2.05) is 0 Å². The van der Waals surface area contributed by atoms with E-state index in [0.717, 1.165) is 0 Å². The first-order valence-corrected chi connectivity index (χ1v) is 5.47. The van der Waals surface area contributed by atoms with Gasteiger partial charge in [-0.2, -0.15) is 13.2 Å². The second kappa shape index (κ2) is 5.10. The molecule has 0 saturated carbocycles. The molecule has 0 fully saturated rings. The lowest BCUT2D eigenvalue weighted by atomic mass is 10.1. The van der Waals surface area contributed by atoms with Crippen molar-refractivity contribution in [3.05, 3.63) is 11.4 Å². The predicted octanol–water partition coefficient (Wildman–Crippen LogP) is 0.910. The standard InChI is InChI=1S/C10H13F3N4O3/c1-9(2,3)14-5(18)4-17-7(10(11,12)13)6(8(19)20)15-16-17/h4H2,1-3H3,(H,14,18)(H,19,20). The Bertz CT molecular complexity index is 531. The summed E-state index contributed by atoms with van der Waals surface area (Å²) in [4.78, 5) is 22.3. The number of carboxylic acid groups (broad SMARTS) is 1. The monoisotopic (exact) mass is 294 g/mol. The Morgan fingerprint density at radius 1 is 1.30 bits per heavy atom. The molecular formula is C10H13F3N4O3. The van der Waals surface area contributed by atoms with Crippen LogP contribution >= 0.6 is 0 Å². The summed E-state index contributed by atoms with van der Waals surface area (Å²) < 4.78 is 38.6. The molecule has 0 atom stereocenters. The zero-order chi connectivity index (χ0) is 15.7. The van der Waals surface area contributed by atoms with Crippen molar-refractivity contribution in [3.8, 4) is 0 Å². The van der Waals surface area contributed by atoms with E-state index in [-0.39, 0.29) is 4.68 Å². The molecular weight excluding hydrogens is 281 g/mol. The molecule has 0 saturated heterocycles. The molecule has 0 aliphatic heterocycles. The van der Waals surface area contributed by atoms with Gasteiger partial charge in [0, 0.05) is 5.54 Å². The number of carbonyl (C=O) groups excluding carboxylic acids is 1. The average molecular weight is 294 g/mol. The van der Waals surface area contributed by atoms with Crippen LogP contribution in [0.5, 0.6) is 0 Å². The Morgan fingerprint density at radius 2 is 1.85 bits per heavy atom. The predicted molar refractivity (Wildman–Crippen MR) is 59.9 cm³/mol. The maximum absolute atomic E-state index is 12.8. The summed E-state index contributed by atoms with van der Waals surface area (Å²) in [5, 5.41) is 17.1. The maximum atomic E-state index is 12.8. The molecule has 1 amide bonds. The fourth-order valence-electron chi connectivity index (χ4n) is 1.44. The van der Waals surface area contributed by atoms with Crippen LogP contribution in [0, 0.1) is 0 Å². The number of alkyl halides is 3. The molecule has 1 aromatic heterocycles. The van der Waals surface area contributed by atoms with Crippen LogP contribution in [0.15, 0.2) is 0 Å². The third kappa shape index (κ3) is 3.93. The van der Waals surface area contributed by atoms with Crippen LogP contribution in [0.4, 0.5) is 13.2 Å². The van der Waals surface area contributed by atoms with Gasteiger partial charge in [0.15, 0.2) is 5.69 Å². The van der Waals surface area contributed by atoms with E-state index in [4.69, 9.17) is 5.11 Å². The van der Waals surface area contributed by atoms with Gasteiger partial charge in [-0.25, -0.2) is 9.48 Å². The van der Waals surface area contributed by atoms with Crippen LogP contribution in [0.2, 0.25) is 0 Å². The zero-order valence-electron chi connectivity index (χ0n) is 10.9. The SMILES string of the molecule is CC(C)(C)NC(=O)Cn1nnc(C(=O)O)c1C(F)(F)F. The highest BCUT2D eigenvalue weighted by molar-refractivity contribution is 5.87. The van der Waals surface area contributed by atoms with Gasteiger partial charge >= 0.3 is 12.1 Å². The van der Waals surface area contributed by atoms with Crippen molar-refractivity contribution in [2.75, 3.05) is 0 Å². The molecule has 0 aromatic carbocycles. The molecule has 0 aliphatic carbocycles. The molecule has 0 radical (unpaired) electrons. The minimum Gasteiger partial charge on any atom is -0.476 e. The molecule has 20 heavy (non-hydrogen) atoms. The number of carbonyl (C=O) groups is 2. The number of carboxylic acids is 1. The second-order valence-corrected chi connectivity index (χ2v) is 5.05. The van der Waals surface area contributed by atoms with Crippen molar-refractivity contribution in [2.24, 2.45) is 0 Å². The Labute approximate surface area is 111 Å². The van der Waals surface area contributed by atoms with Crippen molar-refractivity contribution in [3.63, 3.8) is 0 Å². The molecule has 7 nitrogen and oxygen atoms in total. The van der Waals surface area contributed by atoms with Crippen molar-refractivity contribution in [1.82, 2.24) is 20.3 Å². The molecule has 0 unspecified atom stereocenters. The highest BCUT2D eigenvalue weighted by atomic mass is 19.4. The molecule has 112 valence electrons. The summed E-state index contributed by atoms with van der Waals surface area (Å²) in [6, 6.07) is 0. The topological polar surface area (TPSA) is 97.1 Å². The summed E-state index contributed by atoms with van der Waals surface area (Å²) in [5.41, 5.74) is -3.43. The number of hydrogen-bond donors (Lipinski definition) is 2. The summed E-state index contributed by atoms with van der Waals surface area (Å²) >= 11 is 0. The average Bonchev–Trinajstić information content (AvgIpc) is 2.57. The molecule has 0 bridgehead atoms. The number of amides is 1. The number of nitrogens with one attached hydrogen (secondary N) is 1. The molecule has 0 spiro atoms. The quantitative estimate of drug-likeness (QED) is 0.863. The zero-order valence-corrected chi connectivity index (χ0v) is 10.9. The maximum Gasteiger partial charge on any atom is 0.435 e. The molecule has 1 heterocycles. The highest BCUT2D eigenvalue weighted by Crippen LogP contribution is 2.31. The number of aromatic carboxylic acids is 1. The van der Waals surface area contributed by atoms with Crippen LogP contribution < -0.4 is 5.32 Å². The second-order valence-electron chi connectivity index (χ2n) is 5.05. The molecule has 1 aromatic rings. The number of aromatic nitrogens is 3. The summed E-state index contributed by atoms with van der Waals surface area (Å²) in [6.45, 7) is 4.19. The van der Waals surface area contributed by atoms with Crippen LogP contribution in [0.3, 0.4) is 0 Å². The van der Waals surface area contributed by atoms with Crippen LogP contribution in [-0.2, 0) is 17.5 Å². The van der Waals surface area contributed by atoms with E-state index < -0.39 is 41.5 Å². The summed E-state index contributed by atoms with van der Waals surface area (Å²) in [6.07, 6.45) is -4.97. The van der Waals surface area contributed by atoms with Gasteiger partial charge in [0.05, 0.1) is 0 Å². The van der Waals surface area contributed by atoms with Crippen molar-refractivity contribution in [2.45, 2.75) is 39.0 Å². The minimum absolute atomic E-state index is 0.227. The summed E-state index contributed by atoms with van der Waals surface area (Å²) in [7, 11) is 0. The number of hydrogen-bond acceptors (Lipinski definition) is 4. The fraction of sp³-hybridized carbons (Fsp3) is 0.600. The van der Waals surface area contributed by atoms with E-state index in [0.29, 0.717) is 0 Å². The number of nitrogens with zero attached hydrogens (tertiary/aromatic N) is 3. The number of halogens is 3. The van der Waals surface area contributed by atoms with Crippen molar-refractivity contribution >= 4 is 11.9 Å². The Balaban J connectivity index is 3.08. The van der Waals surface area contributed by atoms with E-state index >= 15 is 0 Å². The van der Waals surface area contributed by atoms with Crippen molar-refractivity contribution < 1.29 is 27.9 Å². The van der Waals surface area contributed by atoms with Gasteiger partial charge in [-0.3, -0.25) is 4.79 Å². The van der Waals surface area contributed by atoms with Gasteiger partial charge in [0.25, 0.3) is 0 Å². The molecule has 10 heteroatoms. The third-order valence-corrected chi connectivity index (χ3v) is 2.01. The van der Waals surface area contributed by atoms with Gasteiger partial charge in [-0.05, 0) is 20.8 Å². The van der Waals surface area contributed by atoms with Gasteiger partial charge in [0.2, 0.25) is 11.6 Å². The smallest absolute Gasteiger partial charge is 0.435 e. The fourth-order valence-corrected chi connectivity index (χ4v) is 1.44. The van der Waals surface area contributed by atoms with Gasteiger partial charge in [0.1, 0.15) is 6.54 Å².